The zero-order valence-electron chi connectivity index (χ0n) is 8.02. The van der Waals surface area contributed by atoms with E-state index in [0.29, 0.717) is 5.04 Å². The van der Waals surface area contributed by atoms with Gasteiger partial charge in [0, 0.05) is 5.73 Å². The zero-order chi connectivity index (χ0) is 8.58. The molecule has 0 aromatic heterocycles. The Morgan fingerprint density at radius 2 is 1.50 bits per heavy atom. The fourth-order valence-electron chi connectivity index (χ4n) is 0.627. The van der Waals surface area contributed by atoms with E-state index in [1.54, 1.807) is 0 Å². The standard InChI is InChI=1S/C8H20OSi/c1-7(9)10(5,6)8(2,3)4/h7,9H,1-6H3/t7-/m1/s1. The van der Waals surface area contributed by atoms with Crippen molar-refractivity contribution < 1.29 is 5.11 Å². The van der Waals surface area contributed by atoms with Crippen molar-refractivity contribution in [3.63, 3.8) is 0 Å². The quantitative estimate of drug-likeness (QED) is 0.584. The molecule has 0 fully saturated rings. The van der Waals surface area contributed by atoms with Crippen LogP contribution < -0.4 is 0 Å². The summed E-state index contributed by atoms with van der Waals surface area (Å²) in [4.78, 5) is 0. The summed E-state index contributed by atoms with van der Waals surface area (Å²) < 4.78 is 0. The molecule has 0 heterocycles. The number of rotatable bonds is 1. The van der Waals surface area contributed by atoms with Gasteiger partial charge in [0.05, 0.1) is 8.07 Å². The Morgan fingerprint density at radius 3 is 1.50 bits per heavy atom. The van der Waals surface area contributed by atoms with Crippen LogP contribution in [0, 0.1) is 0 Å². The summed E-state index contributed by atoms with van der Waals surface area (Å²) in [5.41, 5.74) is -0.104. The van der Waals surface area contributed by atoms with Crippen molar-refractivity contribution in [3.05, 3.63) is 0 Å². The van der Waals surface area contributed by atoms with Crippen molar-refractivity contribution in [2.75, 3.05) is 0 Å². The Bertz CT molecular complexity index is 111. The average molecular weight is 160 g/mol. The molecule has 0 aliphatic rings. The van der Waals surface area contributed by atoms with Crippen LogP contribution in [-0.2, 0) is 0 Å². The smallest absolute Gasteiger partial charge is 0.0861 e. The SMILES string of the molecule is C[C@H](O)[Si](C)(C)C(C)(C)C. The molecule has 1 nitrogen and oxygen atoms in total. The molecule has 0 aliphatic heterocycles. The predicted octanol–water partition coefficient (Wildman–Crippen LogP) is 2.41. The van der Waals surface area contributed by atoms with Crippen molar-refractivity contribution in [2.45, 2.75) is 51.6 Å². The Kier molecular flexibility index (Phi) is 2.71. The molecule has 0 radical (unpaired) electrons. The highest BCUT2D eigenvalue weighted by Crippen LogP contribution is 2.37. The first-order valence-electron chi connectivity index (χ1n) is 3.87. The van der Waals surface area contributed by atoms with Crippen LogP contribution in [-0.4, -0.2) is 18.9 Å². The normalized spacial score (nSPS) is 17.1. The topological polar surface area (TPSA) is 20.2 Å². The molecule has 1 N–H and O–H groups in total. The lowest BCUT2D eigenvalue weighted by molar-refractivity contribution is 0.257. The summed E-state index contributed by atoms with van der Waals surface area (Å²) in [7, 11) is -1.43. The molecule has 0 unspecified atom stereocenters. The summed E-state index contributed by atoms with van der Waals surface area (Å²) in [5.74, 6) is 0. The molecule has 0 aromatic carbocycles. The zero-order valence-corrected chi connectivity index (χ0v) is 9.02. The second kappa shape index (κ2) is 2.66. The second-order valence-electron chi connectivity index (χ2n) is 4.65. The van der Waals surface area contributed by atoms with E-state index in [0.717, 1.165) is 0 Å². The molecule has 0 aliphatic carbocycles. The van der Waals surface area contributed by atoms with Gasteiger partial charge < -0.3 is 5.11 Å². The van der Waals surface area contributed by atoms with Gasteiger partial charge >= 0.3 is 0 Å². The van der Waals surface area contributed by atoms with Crippen molar-refractivity contribution in [1.82, 2.24) is 0 Å². The lowest BCUT2D eigenvalue weighted by Crippen LogP contribution is -2.47. The minimum Gasteiger partial charge on any atom is -0.397 e. The van der Waals surface area contributed by atoms with E-state index in [4.69, 9.17) is 0 Å². The number of hydrogen-bond acceptors (Lipinski definition) is 1. The molecular weight excluding hydrogens is 140 g/mol. The summed E-state index contributed by atoms with van der Waals surface area (Å²) in [5, 5.41) is 9.78. The molecule has 0 bridgehead atoms. The van der Waals surface area contributed by atoms with Crippen LogP contribution in [0.25, 0.3) is 0 Å². The Labute approximate surface area is 65.5 Å². The van der Waals surface area contributed by atoms with Crippen molar-refractivity contribution in [1.29, 1.82) is 0 Å². The maximum absolute atomic E-state index is 9.48. The monoisotopic (exact) mass is 160 g/mol. The van der Waals surface area contributed by atoms with Gasteiger partial charge in [0.15, 0.2) is 0 Å². The van der Waals surface area contributed by atoms with E-state index in [-0.39, 0.29) is 5.73 Å². The van der Waals surface area contributed by atoms with Crippen LogP contribution in [0.2, 0.25) is 18.1 Å². The van der Waals surface area contributed by atoms with E-state index in [1.165, 1.54) is 0 Å². The van der Waals surface area contributed by atoms with Crippen LogP contribution in [0.3, 0.4) is 0 Å². The van der Waals surface area contributed by atoms with Gasteiger partial charge in [-0.2, -0.15) is 0 Å². The van der Waals surface area contributed by atoms with Crippen molar-refractivity contribution in [2.24, 2.45) is 0 Å². The molecule has 2 heteroatoms. The molecule has 62 valence electrons. The number of hydrogen-bond donors (Lipinski definition) is 1. The summed E-state index contributed by atoms with van der Waals surface area (Å²) in [6.07, 6.45) is 0. The van der Waals surface area contributed by atoms with Crippen LogP contribution in [0.15, 0.2) is 0 Å². The molecular formula is C8H20OSi. The molecule has 0 amide bonds. The third kappa shape index (κ3) is 1.83. The van der Waals surface area contributed by atoms with Gasteiger partial charge in [-0.1, -0.05) is 33.9 Å². The minimum atomic E-state index is -1.43. The van der Waals surface area contributed by atoms with Crippen molar-refractivity contribution >= 4 is 8.07 Å². The minimum absolute atomic E-state index is 0.104. The second-order valence-corrected chi connectivity index (χ2v) is 10.4. The summed E-state index contributed by atoms with van der Waals surface area (Å²) in [6, 6.07) is 0. The Hall–Kier alpha value is 0.177. The van der Waals surface area contributed by atoms with Gasteiger partial charge in [-0.25, -0.2) is 0 Å². The van der Waals surface area contributed by atoms with Crippen LogP contribution in [0.4, 0.5) is 0 Å². The Morgan fingerprint density at radius 1 is 1.20 bits per heavy atom. The highest BCUT2D eigenvalue weighted by molar-refractivity contribution is 6.81. The van der Waals surface area contributed by atoms with Gasteiger partial charge in [-0.15, -0.1) is 0 Å². The van der Waals surface area contributed by atoms with Gasteiger partial charge in [0.25, 0.3) is 0 Å². The first-order chi connectivity index (χ1) is 4.19. The van der Waals surface area contributed by atoms with Gasteiger partial charge in [0.2, 0.25) is 0 Å². The van der Waals surface area contributed by atoms with Crippen LogP contribution in [0.5, 0.6) is 0 Å². The maximum atomic E-state index is 9.48. The van der Waals surface area contributed by atoms with Gasteiger partial charge in [-0.05, 0) is 12.0 Å². The number of aliphatic hydroxyl groups excluding tert-OH is 1. The predicted molar refractivity (Wildman–Crippen MR) is 48.9 cm³/mol. The fourth-order valence-corrected chi connectivity index (χ4v) is 1.88. The van der Waals surface area contributed by atoms with E-state index in [2.05, 4.69) is 33.9 Å². The third-order valence-electron chi connectivity index (χ3n) is 2.98. The molecule has 0 saturated heterocycles. The average Bonchev–Trinajstić information content (AvgIpc) is 1.62. The summed E-state index contributed by atoms with van der Waals surface area (Å²) >= 11 is 0. The summed E-state index contributed by atoms with van der Waals surface area (Å²) in [6.45, 7) is 13.0. The first-order valence-corrected chi connectivity index (χ1v) is 6.95. The third-order valence-corrected chi connectivity index (χ3v) is 8.93. The molecule has 0 rings (SSSR count). The first kappa shape index (κ1) is 10.2. The van der Waals surface area contributed by atoms with Gasteiger partial charge in [-0.3, -0.25) is 0 Å². The largest absolute Gasteiger partial charge is 0.397 e. The maximum Gasteiger partial charge on any atom is 0.0861 e. The molecule has 10 heavy (non-hydrogen) atoms. The molecule has 1 atom stereocenters. The van der Waals surface area contributed by atoms with Crippen LogP contribution >= 0.6 is 0 Å². The molecule has 0 aromatic rings. The van der Waals surface area contributed by atoms with Gasteiger partial charge in [0.1, 0.15) is 0 Å². The van der Waals surface area contributed by atoms with Crippen molar-refractivity contribution in [3.8, 4) is 0 Å². The highest BCUT2D eigenvalue weighted by atomic mass is 28.3. The van der Waals surface area contributed by atoms with E-state index in [9.17, 15) is 5.11 Å². The number of aliphatic hydroxyl groups is 1. The lowest BCUT2D eigenvalue weighted by Gasteiger charge is -2.39. The molecule has 0 saturated carbocycles. The lowest BCUT2D eigenvalue weighted by atomic mass is 10.2. The van der Waals surface area contributed by atoms with Crippen LogP contribution in [0.1, 0.15) is 27.7 Å². The van der Waals surface area contributed by atoms with E-state index < -0.39 is 8.07 Å². The van der Waals surface area contributed by atoms with E-state index >= 15 is 0 Å². The highest BCUT2D eigenvalue weighted by Gasteiger charge is 2.39. The molecule has 0 spiro atoms. The Balaban J connectivity index is 4.40. The fraction of sp³-hybridized carbons (Fsp3) is 1.00. The van der Waals surface area contributed by atoms with E-state index in [1.807, 2.05) is 6.92 Å².